The van der Waals surface area contributed by atoms with E-state index in [0.29, 0.717) is 17.1 Å². The zero-order valence-corrected chi connectivity index (χ0v) is 12.9. The smallest absolute Gasteiger partial charge is 0.251 e. The number of carbonyl (C=O) groups is 1. The minimum absolute atomic E-state index is 0.0225. The highest BCUT2D eigenvalue weighted by Gasteiger charge is 2.17. The van der Waals surface area contributed by atoms with E-state index in [0.717, 1.165) is 0 Å². The van der Waals surface area contributed by atoms with E-state index in [2.05, 4.69) is 15.5 Å². The van der Waals surface area contributed by atoms with Crippen molar-refractivity contribution in [2.75, 3.05) is 6.79 Å². The van der Waals surface area contributed by atoms with Gasteiger partial charge in [-0.2, -0.15) is 0 Å². The molecule has 2 heterocycles. The molecule has 126 valence electrons. The first kappa shape index (κ1) is 15.1. The molecule has 1 aromatic heterocycles. The Hall–Kier alpha value is -3.42. The lowest BCUT2D eigenvalue weighted by Crippen LogP contribution is -2.22. The van der Waals surface area contributed by atoms with Gasteiger partial charge in [-0.3, -0.25) is 4.79 Å². The Morgan fingerprint density at radius 1 is 1.12 bits per heavy atom. The highest BCUT2D eigenvalue weighted by Crippen LogP contribution is 2.32. The molecule has 1 N–H and O–H groups in total. The minimum Gasteiger partial charge on any atom is -0.454 e. The quantitative estimate of drug-likeness (QED) is 0.785. The molecule has 0 spiro atoms. The van der Waals surface area contributed by atoms with E-state index in [1.54, 1.807) is 30.3 Å². The van der Waals surface area contributed by atoms with Gasteiger partial charge in [-0.15, -0.1) is 10.2 Å². The fraction of sp³-hybridized carbons (Fsp3) is 0.118. The number of benzene rings is 2. The lowest BCUT2D eigenvalue weighted by molar-refractivity contribution is 0.0947. The summed E-state index contributed by atoms with van der Waals surface area (Å²) in [7, 11) is 0. The third kappa shape index (κ3) is 3.01. The second kappa shape index (κ2) is 6.23. The van der Waals surface area contributed by atoms with E-state index >= 15 is 0 Å². The van der Waals surface area contributed by atoms with Crippen LogP contribution in [0, 0.1) is 5.82 Å². The molecule has 1 aliphatic rings. The molecule has 1 amide bonds. The average molecular weight is 341 g/mol. The number of carbonyl (C=O) groups excluding carboxylic acids is 1. The molecule has 7 nitrogen and oxygen atoms in total. The first-order chi connectivity index (χ1) is 12.2. The fourth-order valence-corrected chi connectivity index (χ4v) is 2.36. The third-order valence-corrected chi connectivity index (χ3v) is 3.61. The third-order valence-electron chi connectivity index (χ3n) is 3.61. The van der Waals surface area contributed by atoms with Gasteiger partial charge in [0.05, 0.1) is 12.1 Å². The Morgan fingerprint density at radius 3 is 2.84 bits per heavy atom. The van der Waals surface area contributed by atoms with Crippen LogP contribution < -0.4 is 14.8 Å². The van der Waals surface area contributed by atoms with Crippen LogP contribution in [-0.4, -0.2) is 22.9 Å². The van der Waals surface area contributed by atoms with E-state index in [4.69, 9.17) is 13.9 Å². The lowest BCUT2D eigenvalue weighted by Gasteiger charge is -2.03. The summed E-state index contributed by atoms with van der Waals surface area (Å²) in [6, 6.07) is 11.0. The van der Waals surface area contributed by atoms with Crippen molar-refractivity contribution in [1.29, 1.82) is 0 Å². The van der Waals surface area contributed by atoms with Crippen molar-refractivity contribution in [1.82, 2.24) is 15.5 Å². The zero-order chi connectivity index (χ0) is 17.2. The number of aromatic nitrogens is 2. The molecule has 0 saturated carbocycles. The van der Waals surface area contributed by atoms with E-state index in [-0.39, 0.29) is 36.6 Å². The number of hydrogen-bond acceptors (Lipinski definition) is 6. The van der Waals surface area contributed by atoms with Gasteiger partial charge in [0.2, 0.25) is 12.7 Å². The highest BCUT2D eigenvalue weighted by molar-refractivity contribution is 5.94. The predicted molar refractivity (Wildman–Crippen MR) is 83.4 cm³/mol. The van der Waals surface area contributed by atoms with Crippen LogP contribution in [0.5, 0.6) is 11.5 Å². The van der Waals surface area contributed by atoms with Crippen molar-refractivity contribution in [3.63, 3.8) is 0 Å². The van der Waals surface area contributed by atoms with Gasteiger partial charge in [0.1, 0.15) is 5.82 Å². The topological polar surface area (TPSA) is 86.5 Å². The first-order valence-corrected chi connectivity index (χ1v) is 7.46. The van der Waals surface area contributed by atoms with Crippen molar-refractivity contribution >= 4 is 5.91 Å². The van der Waals surface area contributed by atoms with Crippen LogP contribution in [0.15, 0.2) is 46.9 Å². The van der Waals surface area contributed by atoms with Crippen LogP contribution in [0.1, 0.15) is 16.2 Å². The van der Waals surface area contributed by atoms with Crippen LogP contribution in [0.4, 0.5) is 4.39 Å². The maximum absolute atomic E-state index is 13.7. The van der Waals surface area contributed by atoms with Gasteiger partial charge in [0.25, 0.3) is 11.8 Å². The molecule has 0 atom stereocenters. The van der Waals surface area contributed by atoms with Gasteiger partial charge in [-0.25, -0.2) is 4.39 Å². The van der Waals surface area contributed by atoms with Crippen molar-refractivity contribution in [3.05, 3.63) is 59.7 Å². The molecule has 0 fully saturated rings. The molecule has 8 heteroatoms. The monoisotopic (exact) mass is 341 g/mol. The van der Waals surface area contributed by atoms with Crippen LogP contribution in [-0.2, 0) is 6.54 Å². The summed E-state index contributed by atoms with van der Waals surface area (Å²) in [6.45, 7) is 0.163. The number of nitrogens with one attached hydrogen (secondary N) is 1. The van der Waals surface area contributed by atoms with Crippen LogP contribution in [0.3, 0.4) is 0 Å². The summed E-state index contributed by atoms with van der Waals surface area (Å²) < 4.78 is 29.5. The Labute approximate surface area is 141 Å². The number of amides is 1. The summed E-state index contributed by atoms with van der Waals surface area (Å²) in [5.41, 5.74) is 0.626. The lowest BCUT2D eigenvalue weighted by atomic mass is 10.2. The normalized spacial score (nSPS) is 12.2. The Balaban J connectivity index is 1.43. The molecule has 0 radical (unpaired) electrons. The fourth-order valence-electron chi connectivity index (χ4n) is 2.36. The zero-order valence-electron chi connectivity index (χ0n) is 12.9. The Morgan fingerprint density at radius 2 is 1.96 bits per heavy atom. The number of rotatable bonds is 4. The molecule has 3 aromatic rings. The molecule has 2 aromatic carbocycles. The number of halogens is 1. The van der Waals surface area contributed by atoms with Crippen molar-refractivity contribution in [2.45, 2.75) is 6.54 Å². The number of ether oxygens (including phenoxy) is 2. The summed E-state index contributed by atoms with van der Waals surface area (Å²) in [4.78, 5) is 12.2. The Bertz CT molecular complexity index is 941. The largest absolute Gasteiger partial charge is 0.454 e. The Kier molecular flexibility index (Phi) is 3.77. The van der Waals surface area contributed by atoms with Gasteiger partial charge >= 0.3 is 0 Å². The first-order valence-electron chi connectivity index (χ1n) is 7.46. The number of nitrogens with zero attached hydrogens (tertiary/aromatic N) is 2. The van der Waals surface area contributed by atoms with Crippen LogP contribution in [0.2, 0.25) is 0 Å². The number of fused-ring (bicyclic) bond motifs is 1. The standard InChI is InChI=1S/C17H12FN3O4/c18-12-4-2-1-3-11(12)17-21-20-15(25-17)8-19-16(22)10-5-6-13-14(7-10)24-9-23-13/h1-7H,8-9H2,(H,19,22). The minimum atomic E-state index is -0.456. The summed E-state index contributed by atoms with van der Waals surface area (Å²) in [5.74, 6) is 0.569. The van der Waals surface area contributed by atoms with Crippen LogP contribution in [0.25, 0.3) is 11.5 Å². The summed E-state index contributed by atoms with van der Waals surface area (Å²) >= 11 is 0. The van der Waals surface area contributed by atoms with Gasteiger partial charge in [0, 0.05) is 5.56 Å². The van der Waals surface area contributed by atoms with Gasteiger partial charge in [-0.05, 0) is 30.3 Å². The molecule has 0 saturated heterocycles. The van der Waals surface area contributed by atoms with Gasteiger partial charge in [0.15, 0.2) is 11.5 Å². The highest BCUT2D eigenvalue weighted by atomic mass is 19.1. The van der Waals surface area contributed by atoms with Gasteiger partial charge < -0.3 is 19.2 Å². The molecule has 4 rings (SSSR count). The predicted octanol–water partition coefficient (Wildman–Crippen LogP) is 2.53. The molecule has 1 aliphatic heterocycles. The van der Waals surface area contributed by atoms with Crippen molar-refractivity contribution in [2.24, 2.45) is 0 Å². The molecule has 0 unspecified atom stereocenters. The van der Waals surface area contributed by atoms with Gasteiger partial charge in [-0.1, -0.05) is 12.1 Å². The molecule has 0 aliphatic carbocycles. The van der Waals surface area contributed by atoms with Crippen molar-refractivity contribution in [3.8, 4) is 23.0 Å². The van der Waals surface area contributed by atoms with Crippen molar-refractivity contribution < 1.29 is 23.1 Å². The van der Waals surface area contributed by atoms with E-state index in [9.17, 15) is 9.18 Å². The summed E-state index contributed by atoms with van der Waals surface area (Å²) in [6.07, 6.45) is 0. The SMILES string of the molecule is O=C(NCc1nnc(-c2ccccc2F)o1)c1ccc2c(c1)OCO2. The van der Waals surface area contributed by atoms with E-state index in [1.165, 1.54) is 12.1 Å². The average Bonchev–Trinajstić information content (AvgIpc) is 3.28. The maximum Gasteiger partial charge on any atom is 0.251 e. The van der Waals surface area contributed by atoms with Crippen LogP contribution >= 0.6 is 0 Å². The molecule has 0 bridgehead atoms. The second-order valence-corrected chi connectivity index (χ2v) is 5.23. The van der Waals surface area contributed by atoms with E-state index < -0.39 is 5.82 Å². The molecule has 25 heavy (non-hydrogen) atoms. The molecular formula is C17H12FN3O4. The maximum atomic E-state index is 13.7. The molecular weight excluding hydrogens is 329 g/mol. The second-order valence-electron chi connectivity index (χ2n) is 5.23. The van der Waals surface area contributed by atoms with E-state index in [1.807, 2.05) is 0 Å². The summed E-state index contributed by atoms with van der Waals surface area (Å²) in [5, 5.41) is 10.3. The number of hydrogen-bond donors (Lipinski definition) is 1.